The van der Waals surface area contributed by atoms with Crippen molar-refractivity contribution in [3.8, 4) is 0 Å². The van der Waals surface area contributed by atoms with Gasteiger partial charge >= 0.3 is 0 Å². The summed E-state index contributed by atoms with van der Waals surface area (Å²) in [5.41, 5.74) is 0. The Balaban J connectivity index is 2.29. The van der Waals surface area contributed by atoms with E-state index in [1.54, 1.807) is 0 Å². The monoisotopic (exact) mass is 381 g/mol. The van der Waals surface area contributed by atoms with Crippen LogP contribution < -0.4 is 0 Å². The summed E-state index contributed by atoms with van der Waals surface area (Å²) in [6, 6.07) is 0. The Morgan fingerprint density at radius 3 is 1.33 bits per heavy atom. The van der Waals surface area contributed by atoms with E-state index in [-0.39, 0.29) is 11.5 Å². The second-order valence-electron chi connectivity index (χ2n) is 9.27. The summed E-state index contributed by atoms with van der Waals surface area (Å²) in [5.74, 6) is 1.52. The molecule has 0 radical (unpaired) electrons. The standard InChI is InChI=1S/C24H47NO2/c1-23-17-13-9-5-2-3-7-11-15-19-24(21-22-25(26)27)20-16-12-8-4-6-10-14-18-23/h23-24H,2-22H2,1H3/t23-,24?/m1/s1. The maximum atomic E-state index is 10.7. The normalized spacial score (nSPS) is 26.7. The van der Waals surface area contributed by atoms with Gasteiger partial charge in [-0.2, -0.15) is 0 Å². The molecule has 3 heteroatoms. The van der Waals surface area contributed by atoms with Crippen molar-refractivity contribution < 1.29 is 4.92 Å². The highest BCUT2D eigenvalue weighted by atomic mass is 16.6. The van der Waals surface area contributed by atoms with Crippen molar-refractivity contribution in [2.75, 3.05) is 6.54 Å². The predicted octanol–water partition coefficient (Wildman–Crippen LogP) is 8.33. The molecular weight excluding hydrogens is 334 g/mol. The van der Waals surface area contributed by atoms with E-state index in [2.05, 4.69) is 6.92 Å². The van der Waals surface area contributed by atoms with Crippen LogP contribution in [0.3, 0.4) is 0 Å². The first kappa shape index (κ1) is 24.4. The van der Waals surface area contributed by atoms with Crippen LogP contribution in [0.2, 0.25) is 0 Å². The summed E-state index contributed by atoms with van der Waals surface area (Å²) in [7, 11) is 0. The number of nitro groups is 1. The molecule has 0 aromatic heterocycles. The van der Waals surface area contributed by atoms with Gasteiger partial charge in [0.15, 0.2) is 0 Å². The Bertz CT molecular complexity index is 345. The van der Waals surface area contributed by atoms with Crippen LogP contribution in [-0.2, 0) is 0 Å². The minimum absolute atomic E-state index is 0.125. The highest BCUT2D eigenvalue weighted by molar-refractivity contribution is 4.62. The molecule has 1 saturated carbocycles. The van der Waals surface area contributed by atoms with Gasteiger partial charge in [-0.15, -0.1) is 0 Å². The summed E-state index contributed by atoms with van der Waals surface area (Å²) in [6.07, 6.45) is 26.7. The summed E-state index contributed by atoms with van der Waals surface area (Å²) in [4.78, 5) is 10.6. The lowest BCUT2D eigenvalue weighted by molar-refractivity contribution is -0.481. The van der Waals surface area contributed by atoms with E-state index in [1.165, 1.54) is 122 Å². The minimum atomic E-state index is -0.125. The molecule has 1 unspecified atom stereocenters. The molecule has 0 N–H and O–H groups in total. The highest BCUT2D eigenvalue weighted by Gasteiger charge is 2.12. The molecule has 0 bridgehead atoms. The van der Waals surface area contributed by atoms with Crippen LogP contribution in [0.4, 0.5) is 0 Å². The van der Waals surface area contributed by atoms with Crippen molar-refractivity contribution >= 4 is 0 Å². The van der Waals surface area contributed by atoms with Crippen LogP contribution in [0, 0.1) is 22.0 Å². The molecule has 0 aliphatic heterocycles. The highest BCUT2D eigenvalue weighted by Crippen LogP contribution is 2.23. The molecule has 1 aliphatic carbocycles. The van der Waals surface area contributed by atoms with Gasteiger partial charge in [0.2, 0.25) is 6.54 Å². The number of rotatable bonds is 3. The minimum Gasteiger partial charge on any atom is -0.265 e. The first-order chi connectivity index (χ1) is 13.2. The van der Waals surface area contributed by atoms with Crippen molar-refractivity contribution in [3.05, 3.63) is 10.1 Å². The zero-order chi connectivity index (χ0) is 19.6. The van der Waals surface area contributed by atoms with Crippen molar-refractivity contribution in [1.82, 2.24) is 0 Å². The number of hydrogen-bond acceptors (Lipinski definition) is 2. The molecule has 1 rings (SSSR count). The third kappa shape index (κ3) is 16.1. The first-order valence-corrected chi connectivity index (χ1v) is 12.3. The summed E-state index contributed by atoms with van der Waals surface area (Å²) in [6.45, 7) is 2.62. The third-order valence-corrected chi connectivity index (χ3v) is 6.59. The molecule has 0 aromatic carbocycles. The maximum Gasteiger partial charge on any atom is 0.204 e. The van der Waals surface area contributed by atoms with Crippen LogP contribution in [0.5, 0.6) is 0 Å². The van der Waals surface area contributed by atoms with Gasteiger partial charge in [-0.05, 0) is 11.8 Å². The second-order valence-corrected chi connectivity index (χ2v) is 9.27. The zero-order valence-corrected chi connectivity index (χ0v) is 18.3. The van der Waals surface area contributed by atoms with Crippen LogP contribution in [-0.4, -0.2) is 11.5 Å². The van der Waals surface area contributed by atoms with Gasteiger partial charge in [0, 0.05) is 11.3 Å². The molecule has 27 heavy (non-hydrogen) atoms. The van der Waals surface area contributed by atoms with Gasteiger partial charge in [0.25, 0.3) is 0 Å². The Kier molecular flexibility index (Phi) is 15.8. The fourth-order valence-corrected chi connectivity index (χ4v) is 4.66. The van der Waals surface area contributed by atoms with Gasteiger partial charge in [-0.1, -0.05) is 129 Å². The molecule has 0 saturated heterocycles. The first-order valence-electron chi connectivity index (χ1n) is 12.3. The van der Waals surface area contributed by atoms with Crippen molar-refractivity contribution in [2.45, 2.75) is 135 Å². The largest absolute Gasteiger partial charge is 0.265 e. The maximum absolute atomic E-state index is 10.7. The van der Waals surface area contributed by atoms with Gasteiger partial charge in [-0.3, -0.25) is 10.1 Å². The Morgan fingerprint density at radius 2 is 0.963 bits per heavy atom. The molecule has 0 aromatic rings. The lowest BCUT2D eigenvalue weighted by atomic mass is 9.91. The zero-order valence-electron chi connectivity index (χ0n) is 18.3. The Labute approximate surface area is 169 Å². The predicted molar refractivity (Wildman–Crippen MR) is 117 cm³/mol. The fourth-order valence-electron chi connectivity index (χ4n) is 4.66. The van der Waals surface area contributed by atoms with E-state index in [4.69, 9.17) is 0 Å². The summed E-state index contributed by atoms with van der Waals surface area (Å²) >= 11 is 0. The number of hydrogen-bond donors (Lipinski definition) is 0. The van der Waals surface area contributed by atoms with Crippen LogP contribution in [0.25, 0.3) is 0 Å². The van der Waals surface area contributed by atoms with Crippen LogP contribution in [0.15, 0.2) is 0 Å². The molecule has 0 heterocycles. The quantitative estimate of drug-likeness (QED) is 0.364. The second kappa shape index (κ2) is 17.5. The fraction of sp³-hybridized carbons (Fsp3) is 1.00. The van der Waals surface area contributed by atoms with Gasteiger partial charge in [-0.25, -0.2) is 0 Å². The van der Waals surface area contributed by atoms with Crippen molar-refractivity contribution in [1.29, 1.82) is 0 Å². The lowest BCUT2D eigenvalue weighted by Crippen LogP contribution is -2.09. The Hall–Kier alpha value is -0.600. The van der Waals surface area contributed by atoms with E-state index in [9.17, 15) is 10.1 Å². The molecule has 1 fully saturated rings. The average molecular weight is 382 g/mol. The molecule has 2 atom stereocenters. The number of nitrogens with zero attached hydrogens (tertiary/aromatic N) is 1. The molecular formula is C24H47NO2. The third-order valence-electron chi connectivity index (χ3n) is 6.59. The van der Waals surface area contributed by atoms with E-state index in [1.807, 2.05) is 0 Å². The summed E-state index contributed by atoms with van der Waals surface area (Å²) < 4.78 is 0. The van der Waals surface area contributed by atoms with E-state index >= 15 is 0 Å². The molecule has 0 spiro atoms. The van der Waals surface area contributed by atoms with Crippen molar-refractivity contribution in [2.24, 2.45) is 11.8 Å². The van der Waals surface area contributed by atoms with E-state index in [0.717, 1.165) is 12.3 Å². The lowest BCUT2D eigenvalue weighted by Gasteiger charge is -2.15. The molecule has 160 valence electrons. The van der Waals surface area contributed by atoms with Crippen LogP contribution >= 0.6 is 0 Å². The summed E-state index contributed by atoms with van der Waals surface area (Å²) in [5, 5.41) is 10.7. The van der Waals surface area contributed by atoms with Gasteiger partial charge < -0.3 is 0 Å². The SMILES string of the molecule is C[C@@H]1CCCCCCCCCCC(CC[N+](=O)[O-])CCCCCCCCC1. The molecule has 1 aliphatic rings. The Morgan fingerprint density at radius 1 is 0.630 bits per heavy atom. The van der Waals surface area contributed by atoms with Gasteiger partial charge in [0.05, 0.1) is 0 Å². The smallest absolute Gasteiger partial charge is 0.204 e. The topological polar surface area (TPSA) is 43.1 Å². The van der Waals surface area contributed by atoms with Crippen LogP contribution in [0.1, 0.15) is 135 Å². The van der Waals surface area contributed by atoms with E-state index in [0.29, 0.717) is 5.92 Å². The van der Waals surface area contributed by atoms with E-state index < -0.39 is 0 Å². The average Bonchev–Trinajstić information content (AvgIpc) is 2.64. The van der Waals surface area contributed by atoms with Gasteiger partial charge in [0.1, 0.15) is 0 Å². The van der Waals surface area contributed by atoms with Crippen molar-refractivity contribution in [3.63, 3.8) is 0 Å². The molecule has 0 amide bonds. The molecule has 3 nitrogen and oxygen atoms in total.